The van der Waals surface area contributed by atoms with Crippen LogP contribution < -0.4 is 5.73 Å². The Kier molecular flexibility index (Phi) is 3.42. The van der Waals surface area contributed by atoms with Crippen LogP contribution in [0.3, 0.4) is 0 Å². The molecule has 2 aromatic rings. The summed E-state index contributed by atoms with van der Waals surface area (Å²) in [5, 5.41) is 7.24. The van der Waals surface area contributed by atoms with Gasteiger partial charge < -0.3 is 10.3 Å². The molecule has 0 radical (unpaired) electrons. The maximum atomic E-state index is 7.24. The van der Waals surface area contributed by atoms with Crippen molar-refractivity contribution in [3.05, 3.63) is 30.1 Å². The summed E-state index contributed by atoms with van der Waals surface area (Å²) in [4.78, 5) is 4.61. The summed E-state index contributed by atoms with van der Waals surface area (Å²) in [6, 6.07) is 8.17. The first kappa shape index (κ1) is 11.6. The van der Waals surface area contributed by atoms with E-state index < -0.39 is 0 Å². The SMILES string of the molecule is CCc1nc2ccccc2n1CCCC(=N)N. The topological polar surface area (TPSA) is 67.7 Å². The van der Waals surface area contributed by atoms with Crippen molar-refractivity contribution in [2.75, 3.05) is 0 Å². The summed E-state index contributed by atoms with van der Waals surface area (Å²) < 4.78 is 2.23. The maximum absolute atomic E-state index is 7.24. The van der Waals surface area contributed by atoms with Gasteiger partial charge in [0, 0.05) is 19.4 Å². The molecule has 0 spiro atoms. The number of fused-ring (bicyclic) bond motifs is 1. The highest BCUT2D eigenvalue weighted by Gasteiger charge is 2.08. The molecule has 0 aliphatic carbocycles. The first-order valence-corrected chi connectivity index (χ1v) is 5.99. The summed E-state index contributed by atoms with van der Waals surface area (Å²) in [6.45, 7) is 2.99. The molecule has 1 heterocycles. The fraction of sp³-hybridized carbons (Fsp3) is 0.385. The van der Waals surface area contributed by atoms with Gasteiger partial charge >= 0.3 is 0 Å². The number of rotatable bonds is 5. The minimum absolute atomic E-state index is 0.257. The zero-order valence-electron chi connectivity index (χ0n) is 10.1. The van der Waals surface area contributed by atoms with Crippen LogP contribution in [0.15, 0.2) is 24.3 Å². The molecule has 1 aromatic heterocycles. The number of hydrogen-bond acceptors (Lipinski definition) is 2. The van der Waals surface area contributed by atoms with E-state index in [0.717, 1.165) is 30.7 Å². The van der Waals surface area contributed by atoms with Crippen molar-refractivity contribution in [2.24, 2.45) is 5.73 Å². The summed E-state index contributed by atoms with van der Waals surface area (Å²) in [5.74, 6) is 1.36. The molecule has 1 aromatic carbocycles. The Labute approximate surface area is 101 Å². The molecule has 0 amide bonds. The summed E-state index contributed by atoms with van der Waals surface area (Å²) in [7, 11) is 0. The predicted molar refractivity (Wildman–Crippen MR) is 70.3 cm³/mol. The zero-order valence-corrected chi connectivity index (χ0v) is 10.1. The number of aromatic nitrogens is 2. The number of hydrogen-bond donors (Lipinski definition) is 2. The van der Waals surface area contributed by atoms with E-state index in [1.54, 1.807) is 0 Å². The maximum Gasteiger partial charge on any atom is 0.109 e. The van der Waals surface area contributed by atoms with E-state index in [0.29, 0.717) is 6.42 Å². The number of nitrogens with two attached hydrogens (primary N) is 1. The first-order chi connectivity index (χ1) is 8.22. The molecule has 3 N–H and O–H groups in total. The minimum Gasteiger partial charge on any atom is -0.388 e. The molecule has 17 heavy (non-hydrogen) atoms. The van der Waals surface area contributed by atoms with E-state index in [9.17, 15) is 0 Å². The van der Waals surface area contributed by atoms with Crippen LogP contribution in [-0.4, -0.2) is 15.4 Å². The Balaban J connectivity index is 2.27. The highest BCUT2D eigenvalue weighted by atomic mass is 15.1. The highest BCUT2D eigenvalue weighted by Crippen LogP contribution is 2.17. The number of aryl methyl sites for hydroxylation is 2. The van der Waals surface area contributed by atoms with Crippen LogP contribution in [0.25, 0.3) is 11.0 Å². The smallest absolute Gasteiger partial charge is 0.109 e. The Hall–Kier alpha value is -1.84. The van der Waals surface area contributed by atoms with Crippen molar-refractivity contribution in [2.45, 2.75) is 32.7 Å². The Morgan fingerprint density at radius 2 is 2.18 bits per heavy atom. The number of benzene rings is 1. The average molecular weight is 230 g/mol. The zero-order chi connectivity index (χ0) is 12.3. The van der Waals surface area contributed by atoms with E-state index >= 15 is 0 Å². The van der Waals surface area contributed by atoms with Gasteiger partial charge in [0.1, 0.15) is 5.82 Å². The minimum atomic E-state index is 0.257. The molecule has 0 bridgehead atoms. The molecule has 4 nitrogen and oxygen atoms in total. The lowest BCUT2D eigenvalue weighted by molar-refractivity contribution is 0.641. The quantitative estimate of drug-likeness (QED) is 0.611. The normalized spacial score (nSPS) is 10.9. The van der Waals surface area contributed by atoms with Crippen molar-refractivity contribution in [3.63, 3.8) is 0 Å². The largest absolute Gasteiger partial charge is 0.388 e. The van der Waals surface area contributed by atoms with Gasteiger partial charge in [-0.25, -0.2) is 4.98 Å². The molecule has 0 fully saturated rings. The fourth-order valence-electron chi connectivity index (χ4n) is 2.07. The number of imidazole rings is 1. The van der Waals surface area contributed by atoms with Crippen LogP contribution in [-0.2, 0) is 13.0 Å². The lowest BCUT2D eigenvalue weighted by Gasteiger charge is -2.07. The Morgan fingerprint density at radius 1 is 1.41 bits per heavy atom. The standard InChI is InChI=1S/C13H18N4/c1-2-13-16-10-6-3-4-7-11(10)17(13)9-5-8-12(14)15/h3-4,6-7H,2,5,8-9H2,1H3,(H3,14,15). The van der Waals surface area contributed by atoms with E-state index in [1.165, 1.54) is 5.52 Å². The molecule has 2 rings (SSSR count). The van der Waals surface area contributed by atoms with Gasteiger partial charge in [0.2, 0.25) is 0 Å². The summed E-state index contributed by atoms with van der Waals surface area (Å²) >= 11 is 0. The summed E-state index contributed by atoms with van der Waals surface area (Å²) in [6.07, 6.45) is 2.47. The second kappa shape index (κ2) is 4.99. The average Bonchev–Trinajstić information content (AvgIpc) is 2.67. The van der Waals surface area contributed by atoms with Gasteiger partial charge in [0.15, 0.2) is 0 Å². The van der Waals surface area contributed by atoms with E-state index in [2.05, 4.69) is 22.5 Å². The van der Waals surface area contributed by atoms with Crippen LogP contribution >= 0.6 is 0 Å². The molecule has 0 unspecified atom stereocenters. The third-order valence-electron chi connectivity index (χ3n) is 2.88. The molecule has 90 valence electrons. The van der Waals surface area contributed by atoms with Crippen molar-refractivity contribution < 1.29 is 0 Å². The van der Waals surface area contributed by atoms with Gasteiger partial charge in [-0.05, 0) is 18.6 Å². The van der Waals surface area contributed by atoms with Crippen LogP contribution in [0.5, 0.6) is 0 Å². The predicted octanol–water partition coefficient (Wildman–Crippen LogP) is 2.31. The van der Waals surface area contributed by atoms with Crippen LogP contribution in [0.4, 0.5) is 0 Å². The van der Waals surface area contributed by atoms with Gasteiger partial charge in [-0.2, -0.15) is 0 Å². The second-order valence-electron chi connectivity index (χ2n) is 4.15. The second-order valence-corrected chi connectivity index (χ2v) is 4.15. The highest BCUT2D eigenvalue weighted by molar-refractivity contribution is 5.77. The van der Waals surface area contributed by atoms with Gasteiger partial charge in [-0.1, -0.05) is 19.1 Å². The Bertz CT molecular complexity index is 527. The van der Waals surface area contributed by atoms with E-state index in [-0.39, 0.29) is 5.84 Å². The monoisotopic (exact) mass is 230 g/mol. The molecule has 4 heteroatoms. The van der Waals surface area contributed by atoms with Gasteiger partial charge in [-0.3, -0.25) is 5.41 Å². The van der Waals surface area contributed by atoms with E-state index in [4.69, 9.17) is 11.1 Å². The van der Waals surface area contributed by atoms with Crippen molar-refractivity contribution in [3.8, 4) is 0 Å². The fourth-order valence-corrected chi connectivity index (χ4v) is 2.07. The number of nitrogens with zero attached hydrogens (tertiary/aromatic N) is 2. The third-order valence-corrected chi connectivity index (χ3v) is 2.88. The van der Waals surface area contributed by atoms with Crippen LogP contribution in [0.1, 0.15) is 25.6 Å². The molecule has 0 atom stereocenters. The van der Waals surface area contributed by atoms with Crippen LogP contribution in [0, 0.1) is 5.41 Å². The first-order valence-electron chi connectivity index (χ1n) is 5.99. The molecular formula is C13H18N4. The molecule has 0 saturated heterocycles. The van der Waals surface area contributed by atoms with Crippen molar-refractivity contribution >= 4 is 16.9 Å². The lowest BCUT2D eigenvalue weighted by atomic mass is 10.2. The van der Waals surface area contributed by atoms with Crippen molar-refractivity contribution in [1.29, 1.82) is 5.41 Å². The molecular weight excluding hydrogens is 212 g/mol. The summed E-state index contributed by atoms with van der Waals surface area (Å²) in [5.41, 5.74) is 7.60. The third kappa shape index (κ3) is 2.46. The van der Waals surface area contributed by atoms with Gasteiger partial charge in [0.05, 0.1) is 16.9 Å². The van der Waals surface area contributed by atoms with Gasteiger partial charge in [0.25, 0.3) is 0 Å². The Morgan fingerprint density at radius 3 is 2.88 bits per heavy atom. The van der Waals surface area contributed by atoms with Crippen LogP contribution in [0.2, 0.25) is 0 Å². The van der Waals surface area contributed by atoms with E-state index in [1.807, 2.05) is 18.2 Å². The van der Waals surface area contributed by atoms with Gasteiger partial charge in [-0.15, -0.1) is 0 Å². The molecule has 0 aliphatic rings. The number of amidine groups is 1. The lowest BCUT2D eigenvalue weighted by Crippen LogP contribution is -2.11. The molecule has 0 aliphatic heterocycles. The molecule has 0 saturated carbocycles. The number of para-hydroxylation sites is 2. The van der Waals surface area contributed by atoms with Crippen molar-refractivity contribution in [1.82, 2.24) is 9.55 Å². The number of nitrogens with one attached hydrogen (secondary N) is 1.